The molecular weight excluding hydrogens is 547 g/mol. The largest absolute Gasteiger partial charge is 0.490 e. The van der Waals surface area contributed by atoms with Gasteiger partial charge in [-0.15, -0.1) is 11.3 Å². The van der Waals surface area contributed by atoms with Crippen LogP contribution >= 0.6 is 22.7 Å². The van der Waals surface area contributed by atoms with Crippen LogP contribution < -0.4 is 5.32 Å². The van der Waals surface area contributed by atoms with Gasteiger partial charge in [-0.25, -0.2) is 4.79 Å². The van der Waals surface area contributed by atoms with Gasteiger partial charge in [-0.2, -0.15) is 24.5 Å². The fourth-order valence-electron chi connectivity index (χ4n) is 4.27. The molecule has 6 nitrogen and oxygen atoms in total. The number of hydrogen-bond donors (Lipinski definition) is 2. The number of carboxylic acid groups (broad SMARTS) is 1. The SMILES string of the molecule is O=C(Nc1cccc(CN2CCCN(Cc3ccsc3)CC2)c1)c1cc2ccccc2s1.O=C(O)C(F)(F)F. The van der Waals surface area contributed by atoms with Crippen LogP contribution in [0.4, 0.5) is 18.9 Å². The Bertz CT molecular complexity index is 1360. The van der Waals surface area contributed by atoms with Crippen molar-refractivity contribution in [2.75, 3.05) is 31.5 Å². The van der Waals surface area contributed by atoms with Gasteiger partial charge in [-0.05, 0) is 77.1 Å². The van der Waals surface area contributed by atoms with Gasteiger partial charge >= 0.3 is 12.1 Å². The highest BCUT2D eigenvalue weighted by Gasteiger charge is 2.38. The number of amides is 1. The molecule has 39 heavy (non-hydrogen) atoms. The van der Waals surface area contributed by atoms with E-state index in [1.54, 1.807) is 11.3 Å². The van der Waals surface area contributed by atoms with Crippen LogP contribution in [0.1, 0.15) is 27.2 Å². The van der Waals surface area contributed by atoms with E-state index >= 15 is 0 Å². The van der Waals surface area contributed by atoms with Crippen molar-refractivity contribution in [3.8, 4) is 0 Å². The molecule has 0 spiro atoms. The number of benzene rings is 2. The predicted molar refractivity (Wildman–Crippen MR) is 149 cm³/mol. The normalized spacial score (nSPS) is 14.8. The summed E-state index contributed by atoms with van der Waals surface area (Å²) in [5.41, 5.74) is 3.52. The zero-order valence-electron chi connectivity index (χ0n) is 21.0. The smallest absolute Gasteiger partial charge is 0.475 e. The molecule has 1 saturated heterocycles. The lowest BCUT2D eigenvalue weighted by Gasteiger charge is -2.22. The van der Waals surface area contributed by atoms with Gasteiger partial charge in [-0.1, -0.05) is 30.3 Å². The van der Waals surface area contributed by atoms with Crippen molar-refractivity contribution in [2.24, 2.45) is 0 Å². The number of carbonyl (C=O) groups excluding carboxylic acids is 1. The topological polar surface area (TPSA) is 72.9 Å². The lowest BCUT2D eigenvalue weighted by atomic mass is 10.1. The minimum atomic E-state index is -5.08. The second-order valence-corrected chi connectivity index (χ2v) is 11.0. The van der Waals surface area contributed by atoms with Gasteiger partial charge in [0.1, 0.15) is 0 Å². The van der Waals surface area contributed by atoms with Gasteiger partial charge < -0.3 is 10.4 Å². The van der Waals surface area contributed by atoms with Crippen LogP contribution in [0.5, 0.6) is 0 Å². The lowest BCUT2D eigenvalue weighted by molar-refractivity contribution is -0.192. The number of carboxylic acids is 1. The van der Waals surface area contributed by atoms with E-state index in [1.807, 2.05) is 36.4 Å². The van der Waals surface area contributed by atoms with Gasteiger partial charge in [0.05, 0.1) is 4.88 Å². The van der Waals surface area contributed by atoms with E-state index < -0.39 is 12.1 Å². The molecule has 1 fully saturated rings. The fourth-order valence-corrected chi connectivity index (χ4v) is 5.89. The summed E-state index contributed by atoms with van der Waals surface area (Å²) in [5, 5.41) is 15.7. The third kappa shape index (κ3) is 8.62. The Morgan fingerprint density at radius 2 is 1.59 bits per heavy atom. The van der Waals surface area contributed by atoms with Crippen molar-refractivity contribution in [1.29, 1.82) is 0 Å². The standard InChI is InChI=1S/C26H27N3OS2.C2HF3O2/c30-26(25-16-22-6-1-2-8-24(22)32-25)27-23-7-3-5-20(15-23)17-28-10-4-11-29(13-12-28)18-21-9-14-31-19-21;3-2(4,5)1(6)7/h1-3,5-9,14-16,19H,4,10-13,17-18H2,(H,27,30);(H,6,7). The molecule has 5 rings (SSSR count). The maximum Gasteiger partial charge on any atom is 0.490 e. The van der Waals surface area contributed by atoms with E-state index in [9.17, 15) is 18.0 Å². The molecule has 0 radical (unpaired) electrons. The molecule has 0 aliphatic carbocycles. The van der Waals surface area contributed by atoms with Gasteiger partial charge in [0.25, 0.3) is 5.91 Å². The molecule has 0 atom stereocenters. The highest BCUT2D eigenvalue weighted by molar-refractivity contribution is 7.20. The second-order valence-electron chi connectivity index (χ2n) is 9.14. The summed E-state index contributed by atoms with van der Waals surface area (Å²) in [6, 6.07) is 20.6. The minimum absolute atomic E-state index is 0.0396. The Balaban J connectivity index is 0.000000448. The molecule has 0 bridgehead atoms. The third-order valence-electron chi connectivity index (χ3n) is 6.15. The summed E-state index contributed by atoms with van der Waals surface area (Å²) < 4.78 is 32.9. The van der Waals surface area contributed by atoms with Gasteiger partial charge in [-0.3, -0.25) is 14.6 Å². The number of rotatable bonds is 6. The van der Waals surface area contributed by atoms with Gasteiger partial charge in [0.15, 0.2) is 0 Å². The number of fused-ring (bicyclic) bond motifs is 1. The maximum atomic E-state index is 12.8. The van der Waals surface area contributed by atoms with Crippen molar-refractivity contribution in [3.05, 3.63) is 87.4 Å². The molecule has 2 aromatic carbocycles. The number of halogens is 3. The molecule has 4 aromatic rings. The first kappa shape index (κ1) is 28.8. The predicted octanol–water partition coefficient (Wildman–Crippen LogP) is 6.56. The molecule has 206 valence electrons. The van der Waals surface area contributed by atoms with Gasteiger partial charge in [0, 0.05) is 36.6 Å². The molecular formula is C28H28F3N3O3S2. The molecule has 2 N–H and O–H groups in total. The minimum Gasteiger partial charge on any atom is -0.475 e. The number of hydrogen-bond acceptors (Lipinski definition) is 6. The van der Waals surface area contributed by atoms with E-state index in [2.05, 4.69) is 50.1 Å². The van der Waals surface area contributed by atoms with E-state index in [4.69, 9.17) is 9.90 Å². The average Bonchev–Trinajstić information content (AvgIpc) is 3.51. The Labute approximate surface area is 232 Å². The second kappa shape index (κ2) is 13.2. The summed E-state index contributed by atoms with van der Waals surface area (Å²) in [5.74, 6) is -2.80. The molecule has 11 heteroatoms. The van der Waals surface area contributed by atoms with Crippen LogP contribution in [0.2, 0.25) is 0 Å². The van der Waals surface area contributed by atoms with Gasteiger partial charge in [0.2, 0.25) is 0 Å². The van der Waals surface area contributed by atoms with Crippen LogP contribution in [0.3, 0.4) is 0 Å². The number of thiophene rings is 2. The van der Waals surface area contributed by atoms with Crippen molar-refractivity contribution in [2.45, 2.75) is 25.7 Å². The highest BCUT2D eigenvalue weighted by Crippen LogP contribution is 2.26. The number of aliphatic carboxylic acids is 1. The molecule has 1 aliphatic heterocycles. The zero-order chi connectivity index (χ0) is 27.8. The molecule has 1 amide bonds. The number of carbonyl (C=O) groups is 2. The summed E-state index contributed by atoms with van der Waals surface area (Å²) in [4.78, 5) is 27.5. The van der Waals surface area contributed by atoms with Crippen LogP contribution in [-0.2, 0) is 17.9 Å². The van der Waals surface area contributed by atoms with Crippen LogP contribution in [-0.4, -0.2) is 59.1 Å². The summed E-state index contributed by atoms with van der Waals surface area (Å²) >= 11 is 3.31. The zero-order valence-corrected chi connectivity index (χ0v) is 22.6. The highest BCUT2D eigenvalue weighted by atomic mass is 32.1. The van der Waals surface area contributed by atoms with Crippen molar-refractivity contribution < 1.29 is 27.9 Å². The first-order chi connectivity index (χ1) is 18.7. The fraction of sp³-hybridized carbons (Fsp3) is 0.286. The van der Waals surface area contributed by atoms with Crippen LogP contribution in [0, 0.1) is 0 Å². The van der Waals surface area contributed by atoms with Crippen LogP contribution in [0.25, 0.3) is 10.1 Å². The Hall–Kier alpha value is -3.25. The first-order valence-electron chi connectivity index (χ1n) is 12.3. The number of nitrogens with one attached hydrogen (secondary N) is 1. The Morgan fingerprint density at radius 1 is 0.897 bits per heavy atom. The Kier molecular flexibility index (Phi) is 9.73. The van der Waals surface area contributed by atoms with Crippen molar-refractivity contribution in [3.63, 3.8) is 0 Å². The summed E-state index contributed by atoms with van der Waals surface area (Å²) in [6.07, 6.45) is -3.90. The van der Waals surface area contributed by atoms with E-state index in [0.717, 1.165) is 59.9 Å². The third-order valence-corrected chi connectivity index (χ3v) is 8.00. The molecule has 2 aromatic heterocycles. The number of alkyl halides is 3. The molecule has 3 heterocycles. The quantitative estimate of drug-likeness (QED) is 0.273. The van der Waals surface area contributed by atoms with E-state index in [0.29, 0.717) is 0 Å². The van der Waals surface area contributed by atoms with Crippen LogP contribution in [0.15, 0.2) is 71.4 Å². The van der Waals surface area contributed by atoms with E-state index in [1.165, 1.54) is 28.9 Å². The number of anilines is 1. The van der Waals surface area contributed by atoms with E-state index in [-0.39, 0.29) is 5.91 Å². The summed E-state index contributed by atoms with van der Waals surface area (Å²) in [6.45, 7) is 6.40. The molecule has 1 aliphatic rings. The van der Waals surface area contributed by atoms with Crippen molar-refractivity contribution >= 4 is 50.3 Å². The Morgan fingerprint density at radius 3 is 2.23 bits per heavy atom. The maximum absolute atomic E-state index is 12.8. The summed E-state index contributed by atoms with van der Waals surface area (Å²) in [7, 11) is 0. The van der Waals surface area contributed by atoms with Crippen molar-refractivity contribution in [1.82, 2.24) is 9.80 Å². The average molecular weight is 576 g/mol. The number of nitrogens with zero attached hydrogens (tertiary/aromatic N) is 2. The first-order valence-corrected chi connectivity index (χ1v) is 14.1. The molecule has 0 unspecified atom stereocenters. The molecule has 0 saturated carbocycles. The monoisotopic (exact) mass is 575 g/mol. The lowest BCUT2D eigenvalue weighted by Crippen LogP contribution is -2.30.